The molecule has 120 valence electrons. The van der Waals surface area contributed by atoms with E-state index in [0.717, 1.165) is 21.2 Å². The van der Waals surface area contributed by atoms with Gasteiger partial charge in [-0.15, -0.1) is 0 Å². The van der Waals surface area contributed by atoms with Crippen molar-refractivity contribution in [3.63, 3.8) is 0 Å². The van der Waals surface area contributed by atoms with Crippen LogP contribution < -0.4 is 5.43 Å². The van der Waals surface area contributed by atoms with Gasteiger partial charge in [0, 0.05) is 16.2 Å². The van der Waals surface area contributed by atoms with Gasteiger partial charge in [0.05, 0.1) is 10.6 Å². The van der Waals surface area contributed by atoms with Gasteiger partial charge in [0.25, 0.3) is 11.8 Å². The molecule has 1 saturated heterocycles. The van der Waals surface area contributed by atoms with Crippen molar-refractivity contribution in [1.29, 1.82) is 0 Å². The van der Waals surface area contributed by atoms with Crippen LogP contribution >= 0.6 is 39.9 Å². The Balaban J connectivity index is 1.76. The molecule has 1 aromatic carbocycles. The molecule has 5 nitrogen and oxygen atoms in total. The van der Waals surface area contributed by atoms with Gasteiger partial charge >= 0.3 is 0 Å². The molecule has 8 heteroatoms. The Bertz CT molecular complexity index is 838. The van der Waals surface area contributed by atoms with Crippen LogP contribution in [0.5, 0.6) is 0 Å². The zero-order chi connectivity index (χ0) is 17.1. The number of amides is 2. The minimum absolute atomic E-state index is 0.271. The first-order valence-electron chi connectivity index (χ1n) is 6.80. The molecule has 2 aromatic rings. The van der Waals surface area contributed by atoms with Crippen molar-refractivity contribution in [2.45, 2.75) is 0 Å². The van der Waals surface area contributed by atoms with Crippen molar-refractivity contribution >= 4 is 62.1 Å². The molecule has 1 aliphatic rings. The van der Waals surface area contributed by atoms with E-state index >= 15 is 0 Å². The van der Waals surface area contributed by atoms with Crippen LogP contribution in [0, 0.1) is 0 Å². The highest BCUT2D eigenvalue weighted by Crippen LogP contribution is 2.31. The molecule has 0 saturated carbocycles. The van der Waals surface area contributed by atoms with E-state index in [0.29, 0.717) is 16.2 Å². The predicted molar refractivity (Wildman–Crippen MR) is 101 cm³/mol. The van der Waals surface area contributed by atoms with Gasteiger partial charge in [0.2, 0.25) is 0 Å². The minimum Gasteiger partial charge on any atom is -0.267 e. The van der Waals surface area contributed by atoms with E-state index in [1.54, 1.807) is 48.7 Å². The summed E-state index contributed by atoms with van der Waals surface area (Å²) >= 11 is 9.62. The Labute approximate surface area is 156 Å². The van der Waals surface area contributed by atoms with Crippen LogP contribution in [0.1, 0.15) is 16.1 Å². The molecule has 1 aromatic heterocycles. The van der Waals surface area contributed by atoms with E-state index in [4.69, 9.17) is 12.2 Å². The second-order valence-electron chi connectivity index (χ2n) is 4.72. The van der Waals surface area contributed by atoms with E-state index in [-0.39, 0.29) is 10.2 Å². The Kier molecular flexibility index (Phi) is 5.08. The number of rotatable bonds is 3. The maximum atomic E-state index is 12.4. The molecule has 0 spiro atoms. The summed E-state index contributed by atoms with van der Waals surface area (Å²) in [6.45, 7) is 0. The molecule has 0 unspecified atom stereocenters. The number of thioether (sulfide) groups is 1. The van der Waals surface area contributed by atoms with Crippen LogP contribution in [-0.2, 0) is 4.79 Å². The van der Waals surface area contributed by atoms with Gasteiger partial charge in [-0.1, -0.05) is 33.8 Å². The SMILES string of the molecule is O=C(NN1C(=O)/C(=C/c2ccccn2)SC1=S)c1ccc(Br)cc1. The molecule has 2 amide bonds. The quantitative estimate of drug-likeness (QED) is 0.610. The lowest BCUT2D eigenvalue weighted by Crippen LogP contribution is -2.44. The number of nitrogens with zero attached hydrogens (tertiary/aromatic N) is 2. The molecule has 0 aliphatic carbocycles. The molecule has 3 rings (SSSR count). The Morgan fingerprint density at radius 1 is 1.25 bits per heavy atom. The second-order valence-corrected chi connectivity index (χ2v) is 7.31. The summed E-state index contributed by atoms with van der Waals surface area (Å²) in [6.07, 6.45) is 3.28. The number of hydrazine groups is 1. The summed E-state index contributed by atoms with van der Waals surface area (Å²) in [5, 5.41) is 1.08. The number of carbonyl (C=O) groups is 2. The van der Waals surface area contributed by atoms with Crippen LogP contribution in [0.25, 0.3) is 6.08 Å². The number of aromatic nitrogens is 1. The maximum Gasteiger partial charge on any atom is 0.285 e. The number of hydrogen-bond donors (Lipinski definition) is 1. The molecule has 24 heavy (non-hydrogen) atoms. The van der Waals surface area contributed by atoms with Gasteiger partial charge < -0.3 is 0 Å². The number of hydrogen-bond acceptors (Lipinski definition) is 5. The maximum absolute atomic E-state index is 12.4. The van der Waals surface area contributed by atoms with Crippen LogP contribution in [-0.4, -0.2) is 26.1 Å². The smallest absolute Gasteiger partial charge is 0.267 e. The zero-order valence-electron chi connectivity index (χ0n) is 12.1. The average Bonchev–Trinajstić information content (AvgIpc) is 2.84. The van der Waals surface area contributed by atoms with Gasteiger partial charge in [-0.2, -0.15) is 5.01 Å². The highest BCUT2D eigenvalue weighted by molar-refractivity contribution is 9.10. The fourth-order valence-electron chi connectivity index (χ4n) is 1.93. The predicted octanol–water partition coefficient (Wildman–Crippen LogP) is 3.39. The lowest BCUT2D eigenvalue weighted by molar-refractivity contribution is -0.123. The topological polar surface area (TPSA) is 62.3 Å². The number of thiocarbonyl (C=S) groups is 1. The highest BCUT2D eigenvalue weighted by atomic mass is 79.9. The van der Waals surface area contributed by atoms with Gasteiger partial charge in [0.15, 0.2) is 4.32 Å². The van der Waals surface area contributed by atoms with E-state index in [9.17, 15) is 9.59 Å². The van der Waals surface area contributed by atoms with Crippen LogP contribution in [0.2, 0.25) is 0 Å². The number of halogens is 1. The van der Waals surface area contributed by atoms with E-state index in [1.165, 1.54) is 0 Å². The van der Waals surface area contributed by atoms with Gasteiger partial charge in [-0.25, -0.2) is 0 Å². The van der Waals surface area contributed by atoms with Gasteiger partial charge in [-0.3, -0.25) is 20.0 Å². The third kappa shape index (κ3) is 3.72. The number of benzene rings is 1. The van der Waals surface area contributed by atoms with Crippen molar-refractivity contribution in [1.82, 2.24) is 15.4 Å². The summed E-state index contributed by atoms with van der Waals surface area (Å²) in [5.41, 5.74) is 3.62. The summed E-state index contributed by atoms with van der Waals surface area (Å²) < 4.78 is 1.13. The van der Waals surface area contributed by atoms with Crippen LogP contribution in [0.3, 0.4) is 0 Å². The lowest BCUT2D eigenvalue weighted by Gasteiger charge is -2.15. The van der Waals surface area contributed by atoms with Crippen molar-refractivity contribution in [3.8, 4) is 0 Å². The molecule has 1 fully saturated rings. The number of pyridine rings is 1. The van der Waals surface area contributed by atoms with E-state index in [2.05, 4.69) is 26.3 Å². The monoisotopic (exact) mass is 419 g/mol. The third-order valence-electron chi connectivity index (χ3n) is 3.08. The molecule has 2 heterocycles. The molecule has 0 atom stereocenters. The molecule has 0 radical (unpaired) electrons. The molecule has 1 N–H and O–H groups in total. The zero-order valence-corrected chi connectivity index (χ0v) is 15.3. The molecular weight excluding hydrogens is 410 g/mol. The lowest BCUT2D eigenvalue weighted by atomic mass is 10.2. The van der Waals surface area contributed by atoms with E-state index < -0.39 is 5.91 Å². The normalized spacial score (nSPS) is 15.9. The Morgan fingerprint density at radius 3 is 2.67 bits per heavy atom. The summed E-state index contributed by atoms with van der Waals surface area (Å²) in [7, 11) is 0. The van der Waals surface area contributed by atoms with Crippen molar-refractivity contribution in [3.05, 3.63) is 69.3 Å². The van der Waals surface area contributed by atoms with Gasteiger partial charge in [0.1, 0.15) is 0 Å². The third-order valence-corrected chi connectivity index (χ3v) is 4.91. The first-order valence-corrected chi connectivity index (χ1v) is 8.82. The average molecular weight is 420 g/mol. The first-order chi connectivity index (χ1) is 11.5. The first kappa shape index (κ1) is 16.8. The van der Waals surface area contributed by atoms with Crippen molar-refractivity contribution < 1.29 is 9.59 Å². The van der Waals surface area contributed by atoms with E-state index in [1.807, 2.05) is 6.07 Å². The highest BCUT2D eigenvalue weighted by Gasteiger charge is 2.33. The Hall–Kier alpha value is -2.03. The number of carbonyl (C=O) groups excluding carboxylic acids is 2. The van der Waals surface area contributed by atoms with Crippen LogP contribution in [0.15, 0.2) is 58.0 Å². The Morgan fingerprint density at radius 2 is 2.00 bits per heavy atom. The van der Waals surface area contributed by atoms with Gasteiger partial charge in [-0.05, 0) is 54.7 Å². The minimum atomic E-state index is -0.405. The number of nitrogens with one attached hydrogen (secondary N) is 1. The summed E-state index contributed by atoms with van der Waals surface area (Å²) in [5.74, 6) is -0.779. The largest absolute Gasteiger partial charge is 0.285 e. The summed E-state index contributed by atoms with van der Waals surface area (Å²) in [4.78, 5) is 29.2. The summed E-state index contributed by atoms with van der Waals surface area (Å²) in [6, 6.07) is 12.2. The van der Waals surface area contributed by atoms with Crippen LogP contribution in [0.4, 0.5) is 0 Å². The molecular formula is C16H10BrN3O2S2. The second kappa shape index (κ2) is 7.25. The standard InChI is InChI=1S/C16H10BrN3O2S2/c17-11-6-4-10(5-7-11)14(21)19-20-15(22)13(24-16(20)23)9-12-3-1-2-8-18-12/h1-9H,(H,19,21)/b13-9-. The molecule has 0 bridgehead atoms. The van der Waals surface area contributed by atoms with Crippen molar-refractivity contribution in [2.75, 3.05) is 0 Å². The fourth-order valence-corrected chi connectivity index (χ4v) is 3.36. The van der Waals surface area contributed by atoms with Crippen molar-refractivity contribution in [2.24, 2.45) is 0 Å². The molecule has 1 aliphatic heterocycles. The fraction of sp³-hybridized carbons (Fsp3) is 0.